The minimum absolute atomic E-state index is 0.0371. The quantitative estimate of drug-likeness (QED) is 0.730. The highest BCUT2D eigenvalue weighted by Gasteiger charge is 2.16. The molecule has 0 radical (unpaired) electrons. The predicted molar refractivity (Wildman–Crippen MR) is 91.6 cm³/mol. The number of amides is 1. The Balaban J connectivity index is 1.71. The number of carbonyl (C=O) groups is 1. The number of hydrogen-bond donors (Lipinski definition) is 1. The van der Waals surface area contributed by atoms with Crippen LogP contribution in [0.5, 0.6) is 11.5 Å². The van der Waals surface area contributed by atoms with Gasteiger partial charge in [0, 0.05) is 6.07 Å². The normalized spacial score (nSPS) is 10.4. The Morgan fingerprint density at radius 2 is 1.88 bits per heavy atom. The van der Waals surface area contributed by atoms with Crippen LogP contribution in [0.2, 0.25) is 0 Å². The van der Waals surface area contributed by atoms with Gasteiger partial charge in [0.25, 0.3) is 5.89 Å². The minimum atomic E-state index is -0.357. The molecule has 1 heterocycles. The number of methoxy groups -OCH3 is 2. The van der Waals surface area contributed by atoms with Gasteiger partial charge < -0.3 is 13.9 Å². The molecule has 0 bridgehead atoms. The lowest BCUT2D eigenvalue weighted by molar-refractivity contribution is -0.115. The van der Waals surface area contributed by atoms with Crippen molar-refractivity contribution in [2.45, 2.75) is 6.42 Å². The fraction of sp³-hybridized carbons (Fsp3) is 0.167. The summed E-state index contributed by atoms with van der Waals surface area (Å²) in [5.41, 5.74) is 1.24. The van der Waals surface area contributed by atoms with Gasteiger partial charge in [0.15, 0.2) is 0 Å². The van der Waals surface area contributed by atoms with E-state index in [9.17, 15) is 9.18 Å². The third kappa shape index (κ3) is 3.97. The number of halogens is 1. The molecule has 1 aromatic heterocycles. The third-order valence-corrected chi connectivity index (χ3v) is 3.59. The van der Waals surface area contributed by atoms with Crippen molar-refractivity contribution in [1.29, 1.82) is 0 Å². The van der Waals surface area contributed by atoms with E-state index in [1.807, 2.05) is 0 Å². The van der Waals surface area contributed by atoms with E-state index in [2.05, 4.69) is 15.5 Å². The Labute approximate surface area is 148 Å². The van der Waals surface area contributed by atoms with E-state index in [1.54, 1.807) is 25.3 Å². The van der Waals surface area contributed by atoms with Gasteiger partial charge in [0.2, 0.25) is 5.91 Å². The number of hydrogen-bond acceptors (Lipinski definition) is 6. The molecule has 0 saturated carbocycles. The molecule has 3 aromatic rings. The van der Waals surface area contributed by atoms with Crippen molar-refractivity contribution in [2.24, 2.45) is 0 Å². The first-order valence-electron chi connectivity index (χ1n) is 7.69. The van der Waals surface area contributed by atoms with E-state index in [-0.39, 0.29) is 30.1 Å². The largest absolute Gasteiger partial charge is 0.497 e. The minimum Gasteiger partial charge on any atom is -0.497 e. The number of nitrogens with one attached hydrogen (secondary N) is 1. The lowest BCUT2D eigenvalue weighted by Gasteiger charge is -2.07. The first-order chi connectivity index (χ1) is 12.6. The van der Waals surface area contributed by atoms with Crippen LogP contribution in [0.1, 0.15) is 5.56 Å². The highest BCUT2D eigenvalue weighted by molar-refractivity contribution is 5.90. The van der Waals surface area contributed by atoms with Crippen LogP contribution in [-0.2, 0) is 11.2 Å². The van der Waals surface area contributed by atoms with E-state index in [0.717, 1.165) is 0 Å². The molecule has 1 amide bonds. The van der Waals surface area contributed by atoms with Crippen LogP contribution < -0.4 is 14.8 Å². The summed E-state index contributed by atoms with van der Waals surface area (Å²) in [4.78, 5) is 12.0. The molecule has 0 unspecified atom stereocenters. The van der Waals surface area contributed by atoms with Crippen LogP contribution in [0.4, 0.5) is 10.4 Å². The van der Waals surface area contributed by atoms with Crippen LogP contribution in [0.15, 0.2) is 46.9 Å². The molecule has 0 aliphatic heterocycles. The first kappa shape index (κ1) is 17.4. The summed E-state index contributed by atoms with van der Waals surface area (Å²) in [6.07, 6.45) is 0.0594. The van der Waals surface area contributed by atoms with Gasteiger partial charge in [-0.3, -0.25) is 10.1 Å². The second-order valence-corrected chi connectivity index (χ2v) is 5.33. The molecular formula is C18H16FN3O4. The average molecular weight is 357 g/mol. The van der Waals surface area contributed by atoms with Crippen molar-refractivity contribution in [3.8, 4) is 23.0 Å². The van der Waals surface area contributed by atoms with E-state index in [4.69, 9.17) is 13.9 Å². The summed E-state index contributed by atoms with van der Waals surface area (Å²) in [5.74, 6) is 0.606. The first-order valence-corrected chi connectivity index (χ1v) is 7.69. The Hall–Kier alpha value is -3.42. The molecule has 134 valence electrons. The maximum atomic E-state index is 12.9. The van der Waals surface area contributed by atoms with E-state index in [0.29, 0.717) is 22.6 Å². The fourth-order valence-electron chi connectivity index (χ4n) is 2.31. The summed E-state index contributed by atoms with van der Waals surface area (Å²) in [6.45, 7) is 0. The van der Waals surface area contributed by atoms with Gasteiger partial charge in [0.05, 0.1) is 26.2 Å². The lowest BCUT2D eigenvalue weighted by Crippen LogP contribution is -2.14. The summed E-state index contributed by atoms with van der Waals surface area (Å²) < 4.78 is 28.8. The van der Waals surface area contributed by atoms with Crippen molar-refractivity contribution in [1.82, 2.24) is 10.2 Å². The number of benzene rings is 2. The molecule has 8 heteroatoms. The molecule has 0 spiro atoms. The monoisotopic (exact) mass is 357 g/mol. The van der Waals surface area contributed by atoms with E-state index in [1.165, 1.54) is 31.4 Å². The Bertz CT molecular complexity index is 909. The lowest BCUT2D eigenvalue weighted by atomic mass is 10.1. The molecule has 0 aliphatic rings. The number of ether oxygens (including phenoxy) is 2. The van der Waals surface area contributed by atoms with Gasteiger partial charge in [0.1, 0.15) is 17.3 Å². The van der Waals surface area contributed by atoms with E-state index < -0.39 is 0 Å². The van der Waals surface area contributed by atoms with Gasteiger partial charge >= 0.3 is 6.01 Å². The molecule has 0 saturated heterocycles. The fourth-order valence-corrected chi connectivity index (χ4v) is 2.31. The molecular weight excluding hydrogens is 341 g/mol. The Kier molecular flexibility index (Phi) is 5.12. The maximum Gasteiger partial charge on any atom is 0.322 e. The van der Waals surface area contributed by atoms with Gasteiger partial charge in [-0.2, -0.15) is 0 Å². The zero-order valence-electron chi connectivity index (χ0n) is 14.2. The molecule has 2 aromatic carbocycles. The highest BCUT2D eigenvalue weighted by atomic mass is 19.1. The summed E-state index contributed by atoms with van der Waals surface area (Å²) in [6, 6.07) is 10.8. The molecule has 0 aliphatic carbocycles. The zero-order chi connectivity index (χ0) is 18.5. The number of nitrogens with zero attached hydrogens (tertiary/aromatic N) is 2. The van der Waals surface area contributed by atoms with Crippen molar-refractivity contribution in [3.63, 3.8) is 0 Å². The van der Waals surface area contributed by atoms with Crippen molar-refractivity contribution >= 4 is 11.9 Å². The van der Waals surface area contributed by atoms with Crippen LogP contribution >= 0.6 is 0 Å². The van der Waals surface area contributed by atoms with Crippen LogP contribution in [-0.4, -0.2) is 30.3 Å². The molecule has 0 atom stereocenters. The maximum absolute atomic E-state index is 12.9. The van der Waals surface area contributed by atoms with Gasteiger partial charge in [-0.05, 0) is 29.8 Å². The topological polar surface area (TPSA) is 86.5 Å². The number of carbonyl (C=O) groups excluding carboxylic acids is 1. The zero-order valence-corrected chi connectivity index (χ0v) is 14.2. The molecule has 1 N–H and O–H groups in total. The average Bonchev–Trinajstić information content (AvgIpc) is 3.11. The number of aromatic nitrogens is 2. The van der Waals surface area contributed by atoms with E-state index >= 15 is 0 Å². The third-order valence-electron chi connectivity index (χ3n) is 3.59. The second kappa shape index (κ2) is 7.64. The SMILES string of the molecule is COc1ccc(-c2nnc(NC(=O)Cc3ccc(F)cc3)o2)c(OC)c1. The van der Waals surface area contributed by atoms with Gasteiger partial charge in [-0.25, -0.2) is 4.39 Å². The van der Waals surface area contributed by atoms with Crippen molar-refractivity contribution < 1.29 is 23.1 Å². The smallest absolute Gasteiger partial charge is 0.322 e. The Morgan fingerprint density at radius 1 is 1.12 bits per heavy atom. The molecule has 3 rings (SSSR count). The van der Waals surface area contributed by atoms with Crippen molar-refractivity contribution in [3.05, 3.63) is 53.8 Å². The number of anilines is 1. The summed E-state index contributed by atoms with van der Waals surface area (Å²) in [7, 11) is 3.07. The van der Waals surface area contributed by atoms with Gasteiger partial charge in [-0.1, -0.05) is 17.2 Å². The molecule has 7 nitrogen and oxygen atoms in total. The second-order valence-electron chi connectivity index (χ2n) is 5.33. The van der Waals surface area contributed by atoms with Crippen LogP contribution in [0.3, 0.4) is 0 Å². The molecule has 0 fully saturated rings. The summed E-state index contributed by atoms with van der Waals surface area (Å²) in [5, 5.41) is 10.2. The van der Waals surface area contributed by atoms with Gasteiger partial charge in [-0.15, -0.1) is 5.10 Å². The van der Waals surface area contributed by atoms with Crippen LogP contribution in [0.25, 0.3) is 11.5 Å². The molecule has 26 heavy (non-hydrogen) atoms. The Morgan fingerprint density at radius 3 is 2.58 bits per heavy atom. The van der Waals surface area contributed by atoms with Crippen molar-refractivity contribution in [2.75, 3.05) is 19.5 Å². The highest BCUT2D eigenvalue weighted by Crippen LogP contribution is 2.33. The summed E-state index contributed by atoms with van der Waals surface area (Å²) >= 11 is 0. The van der Waals surface area contributed by atoms with Crippen LogP contribution in [0, 0.1) is 5.82 Å². The number of rotatable bonds is 6. The standard InChI is InChI=1S/C18H16FN3O4/c1-24-13-7-8-14(15(10-13)25-2)17-21-22-18(26-17)20-16(23)9-11-3-5-12(19)6-4-11/h3-8,10H,9H2,1-2H3,(H,20,22,23). The predicted octanol–water partition coefficient (Wildman–Crippen LogP) is 3.07.